The molecule has 188 valence electrons. The molecule has 1 aliphatic rings. The summed E-state index contributed by atoms with van der Waals surface area (Å²) in [7, 11) is 0. The van der Waals surface area contributed by atoms with Gasteiger partial charge in [0.05, 0.1) is 33.6 Å². The number of benzene rings is 1. The quantitative estimate of drug-likeness (QED) is 0.286. The third-order valence-corrected chi connectivity index (χ3v) is 10.8. The lowest BCUT2D eigenvalue weighted by atomic mass is 9.85. The van der Waals surface area contributed by atoms with E-state index in [1.54, 1.807) is 36.9 Å². The van der Waals surface area contributed by atoms with Crippen molar-refractivity contribution in [1.82, 2.24) is 0 Å². The Balaban J connectivity index is 1.51. The SMILES string of the molecule is CC1(C)C(=O)C(SCCCSCC(=O)O)C(CCC(O)CCc2sc3ccccc3c2Cl)C1O. The first kappa shape index (κ1) is 27.8. The number of carbonyl (C=O) groups excluding carboxylic acids is 1. The number of hydrogen-bond donors (Lipinski definition) is 3. The number of carboxylic acids is 1. The first-order valence-corrected chi connectivity index (χ1v) is 15.0. The number of Topliss-reactive ketones (excluding diaryl/α,β-unsaturated/α-hetero) is 1. The Hall–Kier alpha value is -0.770. The van der Waals surface area contributed by atoms with Crippen molar-refractivity contribution >= 4 is 68.3 Å². The second kappa shape index (κ2) is 12.5. The molecule has 1 fully saturated rings. The van der Waals surface area contributed by atoms with Crippen LogP contribution in [0.1, 0.15) is 44.4 Å². The van der Waals surface area contributed by atoms with Crippen molar-refractivity contribution in [2.24, 2.45) is 11.3 Å². The number of aliphatic hydroxyl groups excluding tert-OH is 2. The van der Waals surface area contributed by atoms with Gasteiger partial charge in [0.15, 0.2) is 5.78 Å². The number of aryl methyl sites for hydroxylation is 1. The third kappa shape index (κ3) is 6.71. The molecule has 0 radical (unpaired) electrons. The van der Waals surface area contributed by atoms with Gasteiger partial charge in [-0.2, -0.15) is 23.5 Å². The van der Waals surface area contributed by atoms with E-state index in [-0.39, 0.29) is 22.7 Å². The lowest BCUT2D eigenvalue weighted by Gasteiger charge is -2.25. The molecule has 1 aromatic carbocycles. The van der Waals surface area contributed by atoms with Gasteiger partial charge in [0.25, 0.3) is 0 Å². The minimum Gasteiger partial charge on any atom is -0.481 e. The molecule has 4 unspecified atom stereocenters. The lowest BCUT2D eigenvalue weighted by Crippen LogP contribution is -2.32. The highest BCUT2D eigenvalue weighted by Crippen LogP contribution is 2.46. The zero-order valence-corrected chi connectivity index (χ0v) is 22.7. The average molecular weight is 545 g/mol. The van der Waals surface area contributed by atoms with Gasteiger partial charge in [-0.3, -0.25) is 9.59 Å². The highest BCUT2D eigenvalue weighted by Gasteiger charge is 2.54. The van der Waals surface area contributed by atoms with E-state index >= 15 is 0 Å². The van der Waals surface area contributed by atoms with E-state index in [1.807, 2.05) is 18.2 Å². The molecule has 0 amide bonds. The highest BCUT2D eigenvalue weighted by molar-refractivity contribution is 8.01. The number of thioether (sulfide) groups is 2. The molecule has 1 aromatic heterocycles. The van der Waals surface area contributed by atoms with Crippen molar-refractivity contribution in [2.75, 3.05) is 17.3 Å². The van der Waals surface area contributed by atoms with Crippen LogP contribution < -0.4 is 0 Å². The summed E-state index contributed by atoms with van der Waals surface area (Å²) in [5.41, 5.74) is -0.796. The summed E-state index contributed by atoms with van der Waals surface area (Å²) in [6.07, 6.45) is 1.96. The Bertz CT molecular complexity index is 992. The van der Waals surface area contributed by atoms with Crippen molar-refractivity contribution in [1.29, 1.82) is 0 Å². The molecule has 0 aliphatic heterocycles. The van der Waals surface area contributed by atoms with Gasteiger partial charge in [-0.05, 0) is 49.7 Å². The van der Waals surface area contributed by atoms with E-state index in [4.69, 9.17) is 16.7 Å². The van der Waals surface area contributed by atoms with Crippen molar-refractivity contribution in [3.05, 3.63) is 34.2 Å². The third-order valence-electron chi connectivity index (χ3n) is 6.52. The van der Waals surface area contributed by atoms with Crippen molar-refractivity contribution in [3.8, 4) is 0 Å². The number of aliphatic carboxylic acids is 1. The summed E-state index contributed by atoms with van der Waals surface area (Å²) in [4.78, 5) is 24.7. The van der Waals surface area contributed by atoms with Crippen LogP contribution in [-0.2, 0) is 16.0 Å². The van der Waals surface area contributed by atoms with Crippen LogP contribution in [0.5, 0.6) is 0 Å². The van der Waals surface area contributed by atoms with E-state index in [0.717, 1.165) is 37.9 Å². The summed E-state index contributed by atoms with van der Waals surface area (Å²) in [6.45, 7) is 3.60. The lowest BCUT2D eigenvalue weighted by molar-refractivity contribution is -0.134. The number of rotatable bonds is 13. The topological polar surface area (TPSA) is 94.8 Å². The molecule has 0 bridgehead atoms. The number of halogens is 1. The first-order chi connectivity index (χ1) is 16.1. The molecule has 4 atom stereocenters. The molecule has 0 spiro atoms. The summed E-state index contributed by atoms with van der Waals surface area (Å²) >= 11 is 11.1. The van der Waals surface area contributed by atoms with Gasteiger partial charge < -0.3 is 15.3 Å². The van der Waals surface area contributed by atoms with Crippen molar-refractivity contribution < 1.29 is 24.9 Å². The second-order valence-corrected chi connectivity index (χ2v) is 13.3. The predicted molar refractivity (Wildman–Crippen MR) is 145 cm³/mol. The normalized spacial score (nSPS) is 23.0. The van der Waals surface area contributed by atoms with E-state index < -0.39 is 23.6 Å². The minimum absolute atomic E-state index is 0.0692. The van der Waals surface area contributed by atoms with Crippen LogP contribution in [0.4, 0.5) is 0 Å². The molecule has 3 rings (SSSR count). The molecule has 34 heavy (non-hydrogen) atoms. The molecular formula is C25H33ClO5S3. The molecule has 1 heterocycles. The van der Waals surface area contributed by atoms with Crippen molar-refractivity contribution in [3.63, 3.8) is 0 Å². The smallest absolute Gasteiger partial charge is 0.313 e. The summed E-state index contributed by atoms with van der Waals surface area (Å²) in [6, 6.07) is 8.02. The maximum Gasteiger partial charge on any atom is 0.313 e. The largest absolute Gasteiger partial charge is 0.481 e. The first-order valence-electron chi connectivity index (χ1n) is 11.6. The average Bonchev–Trinajstić information content (AvgIpc) is 3.20. The summed E-state index contributed by atoms with van der Waals surface area (Å²) in [5, 5.41) is 31.8. The van der Waals surface area contributed by atoms with Crippen LogP contribution in [0.2, 0.25) is 5.02 Å². The number of carbonyl (C=O) groups is 2. The molecule has 1 aliphatic carbocycles. The monoisotopic (exact) mass is 544 g/mol. The molecular weight excluding hydrogens is 512 g/mol. The summed E-state index contributed by atoms with van der Waals surface area (Å²) < 4.78 is 1.15. The van der Waals surface area contributed by atoms with Gasteiger partial charge in [-0.25, -0.2) is 0 Å². The highest BCUT2D eigenvalue weighted by atomic mass is 35.5. The maximum atomic E-state index is 13.0. The maximum absolute atomic E-state index is 13.0. The molecule has 2 aromatic rings. The van der Waals surface area contributed by atoms with Gasteiger partial charge in [0.1, 0.15) is 0 Å². The van der Waals surface area contributed by atoms with Gasteiger partial charge in [0.2, 0.25) is 0 Å². The van der Waals surface area contributed by atoms with E-state index in [2.05, 4.69) is 6.07 Å². The fraction of sp³-hybridized carbons (Fsp3) is 0.600. The van der Waals surface area contributed by atoms with Crippen LogP contribution >= 0.6 is 46.5 Å². The predicted octanol–water partition coefficient (Wildman–Crippen LogP) is 5.52. The molecule has 3 N–H and O–H groups in total. The van der Waals surface area contributed by atoms with Crippen LogP contribution in [0.3, 0.4) is 0 Å². The fourth-order valence-corrected chi connectivity index (χ4v) is 8.44. The number of aliphatic hydroxyl groups is 2. The number of carboxylic acid groups (broad SMARTS) is 1. The van der Waals surface area contributed by atoms with E-state index in [0.29, 0.717) is 25.7 Å². The Kier molecular flexibility index (Phi) is 10.2. The van der Waals surface area contributed by atoms with Crippen LogP contribution in [-0.4, -0.2) is 61.8 Å². The molecule has 0 saturated heterocycles. The van der Waals surface area contributed by atoms with Gasteiger partial charge in [0, 0.05) is 20.9 Å². The molecule has 5 nitrogen and oxygen atoms in total. The van der Waals surface area contributed by atoms with Crippen molar-refractivity contribution in [2.45, 2.75) is 63.4 Å². The Labute approximate surface area is 218 Å². The van der Waals surface area contributed by atoms with Gasteiger partial charge in [-0.1, -0.05) is 43.6 Å². The van der Waals surface area contributed by atoms with Crippen LogP contribution in [0, 0.1) is 11.3 Å². The summed E-state index contributed by atoms with van der Waals surface area (Å²) in [5.74, 6) is 0.625. The second-order valence-electron chi connectivity index (χ2n) is 9.39. The number of hydrogen-bond acceptors (Lipinski definition) is 7. The Morgan fingerprint density at radius 2 is 1.97 bits per heavy atom. The van der Waals surface area contributed by atoms with Crippen LogP contribution in [0.25, 0.3) is 10.1 Å². The molecule has 1 saturated carbocycles. The van der Waals surface area contributed by atoms with Gasteiger partial charge >= 0.3 is 5.97 Å². The number of thiophene rings is 1. The standard InChI is InChI=1S/C25H33ClO5S3/c1-25(2)23(30)17(22(24(25)31)33-13-5-12-32-14-20(28)29)10-8-15(27)9-11-19-21(26)16-6-3-4-7-18(16)34-19/h3-4,6-7,15,17,22-23,27,30H,5,8-14H2,1-2H3,(H,28,29). The zero-order chi connectivity index (χ0) is 24.9. The number of ketones is 1. The van der Waals surface area contributed by atoms with E-state index in [1.165, 1.54) is 11.8 Å². The number of fused-ring (bicyclic) bond motifs is 1. The Morgan fingerprint density at radius 1 is 1.24 bits per heavy atom. The Morgan fingerprint density at radius 3 is 2.68 bits per heavy atom. The van der Waals surface area contributed by atoms with E-state index in [9.17, 15) is 19.8 Å². The fourth-order valence-electron chi connectivity index (χ4n) is 4.50. The minimum atomic E-state index is -0.818. The zero-order valence-electron chi connectivity index (χ0n) is 19.5. The van der Waals surface area contributed by atoms with Gasteiger partial charge in [-0.15, -0.1) is 11.3 Å². The van der Waals surface area contributed by atoms with Crippen LogP contribution in [0.15, 0.2) is 24.3 Å². The molecule has 9 heteroatoms.